The number of non-ortho nitro benzene ring substituents is 1. The van der Waals surface area contributed by atoms with Crippen molar-refractivity contribution < 1.29 is 19.2 Å². The van der Waals surface area contributed by atoms with Crippen molar-refractivity contribution in [2.45, 2.75) is 0 Å². The number of phenols is 1. The summed E-state index contributed by atoms with van der Waals surface area (Å²) in [7, 11) is 0. The van der Waals surface area contributed by atoms with Gasteiger partial charge >= 0.3 is 0 Å². The van der Waals surface area contributed by atoms with E-state index in [1.807, 2.05) is 0 Å². The third-order valence-electron chi connectivity index (χ3n) is 4.13. The molecule has 0 saturated heterocycles. The lowest BCUT2D eigenvalue weighted by molar-refractivity contribution is -0.384. The second-order valence-corrected chi connectivity index (χ2v) is 6.62. The number of nitro groups is 1. The number of hydrogen-bond acceptors (Lipinski definition) is 6. The molecule has 0 radical (unpaired) electrons. The number of carbonyl (C=O) groups excluding carboxylic acids is 1. The van der Waals surface area contributed by atoms with E-state index in [0.717, 1.165) is 0 Å². The molecule has 0 saturated carbocycles. The lowest BCUT2D eigenvalue weighted by Crippen LogP contribution is -2.13. The second kappa shape index (κ2) is 6.66. The molecule has 28 heavy (non-hydrogen) atoms. The first-order valence-electron chi connectivity index (χ1n) is 7.80. The van der Waals surface area contributed by atoms with Crippen LogP contribution in [-0.4, -0.2) is 20.9 Å². The van der Waals surface area contributed by atoms with Gasteiger partial charge < -0.3 is 14.8 Å². The monoisotopic (exact) mass is 417 g/mol. The van der Waals surface area contributed by atoms with Crippen LogP contribution >= 0.6 is 23.2 Å². The number of furan rings is 1. The number of nitrogens with one attached hydrogen (secondary N) is 1. The highest BCUT2D eigenvalue weighted by molar-refractivity contribution is 6.40. The Kier molecular flexibility index (Phi) is 4.29. The van der Waals surface area contributed by atoms with Gasteiger partial charge in [0.1, 0.15) is 5.58 Å². The predicted octanol–water partition coefficient (Wildman–Crippen LogP) is 5.15. The van der Waals surface area contributed by atoms with E-state index in [-0.39, 0.29) is 49.3 Å². The minimum absolute atomic E-state index is 0.0371. The van der Waals surface area contributed by atoms with Crippen molar-refractivity contribution in [3.8, 4) is 5.75 Å². The lowest BCUT2D eigenvalue weighted by Gasteiger charge is -2.09. The number of amides is 1. The minimum Gasteiger partial charge on any atom is -0.504 e. The van der Waals surface area contributed by atoms with Crippen LogP contribution in [0, 0.1) is 10.1 Å². The normalized spacial score (nSPS) is 11.1. The number of nitro benzene ring substituents is 1. The first-order valence-corrected chi connectivity index (χ1v) is 8.55. The van der Waals surface area contributed by atoms with Crippen LogP contribution in [0.2, 0.25) is 10.0 Å². The number of halogens is 2. The Morgan fingerprint density at radius 3 is 2.57 bits per heavy atom. The summed E-state index contributed by atoms with van der Waals surface area (Å²) < 4.78 is 5.59. The Bertz CT molecular complexity index is 1270. The predicted molar refractivity (Wildman–Crippen MR) is 104 cm³/mol. The highest BCUT2D eigenvalue weighted by Gasteiger charge is 2.22. The van der Waals surface area contributed by atoms with Crippen LogP contribution in [0.25, 0.3) is 21.9 Å². The molecule has 1 amide bonds. The van der Waals surface area contributed by atoms with Crippen molar-refractivity contribution in [2.24, 2.45) is 0 Å². The van der Waals surface area contributed by atoms with Crippen LogP contribution in [0.15, 0.2) is 47.1 Å². The molecule has 2 N–H and O–H groups in total. The quantitative estimate of drug-likeness (QED) is 0.351. The van der Waals surface area contributed by atoms with Gasteiger partial charge in [0.25, 0.3) is 11.6 Å². The number of phenolic OH excluding ortho intramolecular Hbond substituents is 1. The van der Waals surface area contributed by atoms with Crippen LogP contribution < -0.4 is 5.32 Å². The first-order chi connectivity index (χ1) is 13.4. The largest absolute Gasteiger partial charge is 0.504 e. The summed E-state index contributed by atoms with van der Waals surface area (Å²) in [5.41, 5.74) is 0.440. The van der Waals surface area contributed by atoms with Crippen molar-refractivity contribution in [1.82, 2.24) is 4.98 Å². The molecule has 0 bridgehead atoms. The Morgan fingerprint density at radius 1 is 1.18 bits per heavy atom. The van der Waals surface area contributed by atoms with Crippen molar-refractivity contribution in [3.05, 3.63) is 68.4 Å². The number of anilines is 1. The Balaban J connectivity index is 1.92. The topological polar surface area (TPSA) is 118 Å². The van der Waals surface area contributed by atoms with Crippen molar-refractivity contribution in [2.75, 3.05) is 5.32 Å². The average molecular weight is 418 g/mol. The Hall–Kier alpha value is -3.36. The summed E-state index contributed by atoms with van der Waals surface area (Å²) in [6, 6.07) is 6.64. The maximum Gasteiger partial charge on any atom is 0.270 e. The summed E-state index contributed by atoms with van der Waals surface area (Å²) >= 11 is 12.1. The smallest absolute Gasteiger partial charge is 0.270 e. The van der Waals surface area contributed by atoms with Crippen LogP contribution in [0.1, 0.15) is 10.4 Å². The van der Waals surface area contributed by atoms with E-state index >= 15 is 0 Å². The average Bonchev–Trinajstić information content (AvgIpc) is 3.04. The SMILES string of the molecule is O=C(Nc1c(Cl)cncc1Cl)c1ccc(O)c2oc3ccc([N+](=O)[O-])cc3c12. The van der Waals surface area contributed by atoms with E-state index < -0.39 is 10.8 Å². The molecular formula is C18H9Cl2N3O5. The third-order valence-corrected chi connectivity index (χ3v) is 4.70. The number of carbonyl (C=O) groups is 1. The van der Waals surface area contributed by atoms with Gasteiger partial charge in [0, 0.05) is 35.3 Å². The molecule has 4 rings (SSSR count). The number of fused-ring (bicyclic) bond motifs is 3. The van der Waals surface area contributed by atoms with E-state index in [0.29, 0.717) is 5.39 Å². The third kappa shape index (κ3) is 2.88. The summed E-state index contributed by atoms with van der Waals surface area (Å²) in [5, 5.41) is 24.7. The molecule has 10 heteroatoms. The van der Waals surface area contributed by atoms with E-state index in [1.165, 1.54) is 42.7 Å². The molecule has 140 valence electrons. The molecule has 0 unspecified atom stereocenters. The highest BCUT2D eigenvalue weighted by Crippen LogP contribution is 2.38. The van der Waals surface area contributed by atoms with E-state index in [9.17, 15) is 20.0 Å². The molecule has 0 aliphatic heterocycles. The van der Waals surface area contributed by atoms with Gasteiger partial charge in [-0.1, -0.05) is 23.2 Å². The summed E-state index contributed by atoms with van der Waals surface area (Å²) in [6.07, 6.45) is 2.65. The molecule has 2 aromatic heterocycles. The number of benzene rings is 2. The van der Waals surface area contributed by atoms with Crippen LogP contribution in [0.3, 0.4) is 0 Å². The Morgan fingerprint density at radius 2 is 1.89 bits per heavy atom. The fourth-order valence-electron chi connectivity index (χ4n) is 2.87. The van der Waals surface area contributed by atoms with Crippen molar-refractivity contribution in [3.63, 3.8) is 0 Å². The van der Waals surface area contributed by atoms with Gasteiger partial charge in [-0.2, -0.15) is 0 Å². The van der Waals surface area contributed by atoms with Gasteiger partial charge in [-0.05, 0) is 18.2 Å². The summed E-state index contributed by atoms with van der Waals surface area (Å²) in [6.45, 7) is 0. The molecule has 2 heterocycles. The molecule has 4 aromatic rings. The van der Waals surface area contributed by atoms with Crippen LogP contribution in [-0.2, 0) is 0 Å². The fourth-order valence-corrected chi connectivity index (χ4v) is 3.33. The second-order valence-electron chi connectivity index (χ2n) is 5.81. The van der Waals surface area contributed by atoms with Crippen LogP contribution in [0.5, 0.6) is 5.75 Å². The van der Waals surface area contributed by atoms with E-state index in [4.69, 9.17) is 27.6 Å². The molecule has 0 spiro atoms. The molecule has 8 nitrogen and oxygen atoms in total. The highest BCUT2D eigenvalue weighted by atomic mass is 35.5. The molecule has 0 aliphatic carbocycles. The Labute approximate surface area is 166 Å². The standard InChI is InChI=1S/C18H9Cl2N3O5/c19-11-6-21-7-12(20)16(11)22-18(25)9-2-3-13(24)17-15(9)10-5-8(23(26)27)1-4-14(10)28-17/h1-7,24H,(H,21,22,25). The van der Waals surface area contributed by atoms with E-state index in [1.54, 1.807) is 0 Å². The number of aromatic nitrogens is 1. The van der Waals surface area contributed by atoms with Crippen LogP contribution in [0.4, 0.5) is 11.4 Å². The number of nitrogens with zero attached hydrogens (tertiary/aromatic N) is 2. The molecule has 0 fully saturated rings. The minimum atomic E-state index is -0.589. The van der Waals surface area contributed by atoms with E-state index in [2.05, 4.69) is 10.3 Å². The number of pyridine rings is 1. The van der Waals surface area contributed by atoms with Gasteiger partial charge in [-0.3, -0.25) is 19.9 Å². The van der Waals surface area contributed by atoms with Gasteiger partial charge in [0.05, 0.1) is 26.2 Å². The summed E-state index contributed by atoms with van der Waals surface area (Å²) in [5.74, 6) is -0.792. The molecule has 2 aromatic carbocycles. The van der Waals surface area contributed by atoms with Gasteiger partial charge in [-0.25, -0.2) is 0 Å². The zero-order valence-corrected chi connectivity index (χ0v) is 15.3. The number of hydrogen-bond donors (Lipinski definition) is 2. The van der Waals surface area contributed by atoms with Crippen molar-refractivity contribution in [1.29, 1.82) is 0 Å². The maximum absolute atomic E-state index is 12.9. The van der Waals surface area contributed by atoms with Gasteiger partial charge in [0.2, 0.25) is 0 Å². The molecule has 0 atom stereocenters. The van der Waals surface area contributed by atoms with Gasteiger partial charge in [-0.15, -0.1) is 0 Å². The zero-order valence-electron chi connectivity index (χ0n) is 13.8. The molecular weight excluding hydrogens is 409 g/mol. The van der Waals surface area contributed by atoms with Crippen molar-refractivity contribution >= 4 is 62.4 Å². The fraction of sp³-hybridized carbons (Fsp3) is 0. The maximum atomic E-state index is 12.9. The summed E-state index contributed by atoms with van der Waals surface area (Å²) in [4.78, 5) is 27.3. The molecule has 0 aliphatic rings. The zero-order chi connectivity index (χ0) is 20.0. The number of rotatable bonds is 3. The van der Waals surface area contributed by atoms with Gasteiger partial charge in [0.15, 0.2) is 11.3 Å². The lowest BCUT2D eigenvalue weighted by atomic mass is 10.0. The number of aromatic hydroxyl groups is 1. The first kappa shape index (κ1) is 18.0.